The van der Waals surface area contributed by atoms with Crippen LogP contribution in [0.25, 0.3) is 28.0 Å². The number of aromatic nitrogens is 5. The van der Waals surface area contributed by atoms with E-state index in [2.05, 4.69) is 15.4 Å². The van der Waals surface area contributed by atoms with Gasteiger partial charge < -0.3 is 4.57 Å². The second-order valence-electron chi connectivity index (χ2n) is 5.24. The molecule has 4 aromatic rings. The van der Waals surface area contributed by atoms with Gasteiger partial charge in [0, 0.05) is 22.8 Å². The highest BCUT2D eigenvalue weighted by atomic mass is 19.1. The average Bonchev–Trinajstić information content (AvgIpc) is 3.22. The molecule has 0 saturated heterocycles. The van der Waals surface area contributed by atoms with Crippen molar-refractivity contribution < 1.29 is 4.39 Å². The lowest BCUT2D eigenvalue weighted by atomic mass is 10.1. The molecule has 0 unspecified atom stereocenters. The predicted octanol–water partition coefficient (Wildman–Crippen LogP) is 3.44. The number of fused-ring (bicyclic) bond motifs is 1. The van der Waals surface area contributed by atoms with E-state index >= 15 is 0 Å². The van der Waals surface area contributed by atoms with Gasteiger partial charge in [-0.15, -0.1) is 10.2 Å². The van der Waals surface area contributed by atoms with Crippen LogP contribution < -0.4 is 0 Å². The second-order valence-corrected chi connectivity index (χ2v) is 5.24. The molecule has 2 heterocycles. The molecule has 0 atom stereocenters. The topological polar surface area (TPSA) is 48.5 Å². The summed E-state index contributed by atoms with van der Waals surface area (Å²) in [5, 5.41) is 13.5. The number of hydrogen-bond acceptors (Lipinski definition) is 3. The first kappa shape index (κ1) is 13.6. The Labute approximate surface area is 132 Å². The van der Waals surface area contributed by atoms with Gasteiger partial charge in [-0.05, 0) is 60.7 Å². The summed E-state index contributed by atoms with van der Waals surface area (Å²) in [5.74, 6) is 0.376. The highest BCUT2D eigenvalue weighted by molar-refractivity contribution is 5.86. The van der Waals surface area contributed by atoms with Gasteiger partial charge in [0.1, 0.15) is 5.82 Å². The molecular weight excluding hydrogens is 293 g/mol. The van der Waals surface area contributed by atoms with Crippen LogP contribution in [0.5, 0.6) is 0 Å². The van der Waals surface area contributed by atoms with Crippen molar-refractivity contribution in [1.82, 2.24) is 24.8 Å². The van der Waals surface area contributed by atoms with Crippen LogP contribution in [0, 0.1) is 5.82 Å². The summed E-state index contributed by atoms with van der Waals surface area (Å²) in [5.41, 5.74) is 2.89. The molecule has 2 aromatic heterocycles. The molecule has 2 aromatic carbocycles. The van der Waals surface area contributed by atoms with E-state index in [9.17, 15) is 4.39 Å². The molecule has 6 heteroatoms. The van der Waals surface area contributed by atoms with Gasteiger partial charge in [-0.3, -0.25) is 0 Å². The van der Waals surface area contributed by atoms with Crippen molar-refractivity contribution in [1.29, 1.82) is 0 Å². The Balaban J connectivity index is 1.78. The smallest absolute Gasteiger partial charge is 0.204 e. The minimum atomic E-state index is -0.238. The maximum Gasteiger partial charge on any atom is 0.204 e. The Morgan fingerprint density at radius 1 is 1.04 bits per heavy atom. The molecule has 0 aliphatic rings. The van der Waals surface area contributed by atoms with Crippen molar-refractivity contribution in [2.45, 2.75) is 13.5 Å². The molecule has 0 radical (unpaired) electrons. The standard InChI is InChI=1S/C17H14FN5/c1-2-23-20-17(19-21-23)13-3-8-16-12(11-13)9-10-22(16)15-6-4-14(18)5-7-15/h3-11H,2H2,1H3. The fourth-order valence-corrected chi connectivity index (χ4v) is 2.60. The zero-order valence-electron chi connectivity index (χ0n) is 12.5. The largest absolute Gasteiger partial charge is 0.317 e. The normalized spacial score (nSPS) is 11.2. The Bertz CT molecular complexity index is 968. The summed E-state index contributed by atoms with van der Waals surface area (Å²) in [6.45, 7) is 2.66. The molecule has 0 bridgehead atoms. The summed E-state index contributed by atoms with van der Waals surface area (Å²) >= 11 is 0. The molecule has 4 rings (SSSR count). The van der Waals surface area contributed by atoms with Gasteiger partial charge in [-0.2, -0.15) is 4.80 Å². The molecule has 0 fully saturated rings. The Morgan fingerprint density at radius 2 is 1.87 bits per heavy atom. The predicted molar refractivity (Wildman–Crippen MR) is 85.7 cm³/mol. The average molecular weight is 307 g/mol. The Morgan fingerprint density at radius 3 is 2.61 bits per heavy atom. The zero-order chi connectivity index (χ0) is 15.8. The van der Waals surface area contributed by atoms with Gasteiger partial charge in [0.15, 0.2) is 0 Å². The zero-order valence-corrected chi connectivity index (χ0v) is 12.5. The van der Waals surface area contributed by atoms with Gasteiger partial charge in [0.2, 0.25) is 5.82 Å². The third kappa shape index (κ3) is 2.38. The molecular formula is C17H14FN5. The number of rotatable bonds is 3. The maximum atomic E-state index is 13.1. The third-order valence-electron chi connectivity index (χ3n) is 3.79. The van der Waals surface area contributed by atoms with Crippen molar-refractivity contribution in [3.05, 3.63) is 60.5 Å². The molecule has 23 heavy (non-hydrogen) atoms. The van der Waals surface area contributed by atoms with E-state index in [-0.39, 0.29) is 5.82 Å². The highest BCUT2D eigenvalue weighted by Gasteiger charge is 2.09. The van der Waals surface area contributed by atoms with E-state index in [0.29, 0.717) is 12.4 Å². The van der Waals surface area contributed by atoms with Gasteiger partial charge in [-0.1, -0.05) is 0 Å². The molecule has 0 aliphatic carbocycles. The van der Waals surface area contributed by atoms with Crippen molar-refractivity contribution in [3.63, 3.8) is 0 Å². The third-order valence-corrected chi connectivity index (χ3v) is 3.79. The van der Waals surface area contributed by atoms with Crippen molar-refractivity contribution >= 4 is 10.9 Å². The van der Waals surface area contributed by atoms with Crippen LogP contribution in [0.3, 0.4) is 0 Å². The molecule has 0 saturated carbocycles. The first-order valence-corrected chi connectivity index (χ1v) is 7.40. The molecule has 0 N–H and O–H groups in total. The fraction of sp³-hybridized carbons (Fsp3) is 0.118. The van der Waals surface area contributed by atoms with Gasteiger partial charge >= 0.3 is 0 Å². The van der Waals surface area contributed by atoms with Gasteiger partial charge in [-0.25, -0.2) is 4.39 Å². The lowest BCUT2D eigenvalue weighted by molar-refractivity contribution is 0.553. The summed E-state index contributed by atoms with van der Waals surface area (Å²) in [7, 11) is 0. The van der Waals surface area contributed by atoms with Crippen LogP contribution in [0.4, 0.5) is 4.39 Å². The lowest BCUT2D eigenvalue weighted by Gasteiger charge is -2.05. The van der Waals surface area contributed by atoms with Crippen LogP contribution in [0.15, 0.2) is 54.7 Å². The molecule has 0 aliphatic heterocycles. The first-order chi connectivity index (χ1) is 11.2. The minimum absolute atomic E-state index is 0.238. The molecule has 114 valence electrons. The molecule has 0 amide bonds. The number of aryl methyl sites for hydroxylation is 1. The quantitative estimate of drug-likeness (QED) is 0.582. The van der Waals surface area contributed by atoms with E-state index < -0.39 is 0 Å². The second kappa shape index (κ2) is 5.31. The number of halogens is 1. The lowest BCUT2D eigenvalue weighted by Crippen LogP contribution is -1.98. The maximum absolute atomic E-state index is 13.1. The van der Waals surface area contributed by atoms with E-state index in [0.717, 1.165) is 22.2 Å². The first-order valence-electron chi connectivity index (χ1n) is 7.40. The van der Waals surface area contributed by atoms with E-state index in [1.54, 1.807) is 16.9 Å². The van der Waals surface area contributed by atoms with Crippen LogP contribution in [0.1, 0.15) is 6.92 Å². The van der Waals surface area contributed by atoms with Gasteiger partial charge in [0.05, 0.1) is 12.1 Å². The van der Waals surface area contributed by atoms with Crippen LogP contribution in [-0.2, 0) is 6.54 Å². The molecule has 5 nitrogen and oxygen atoms in total. The SMILES string of the molecule is CCn1nnc(-c2ccc3c(ccn3-c3ccc(F)cc3)c2)n1. The number of tetrazole rings is 1. The van der Waals surface area contributed by atoms with E-state index in [4.69, 9.17) is 0 Å². The monoisotopic (exact) mass is 307 g/mol. The van der Waals surface area contributed by atoms with E-state index in [1.807, 2.05) is 42.0 Å². The Kier molecular flexibility index (Phi) is 3.15. The summed E-state index contributed by atoms with van der Waals surface area (Å²) in [4.78, 5) is 1.56. The number of nitrogens with zero attached hydrogens (tertiary/aromatic N) is 5. The Hall–Kier alpha value is -3.02. The minimum Gasteiger partial charge on any atom is -0.317 e. The number of benzene rings is 2. The van der Waals surface area contributed by atoms with Crippen LogP contribution >= 0.6 is 0 Å². The van der Waals surface area contributed by atoms with Crippen molar-refractivity contribution in [2.75, 3.05) is 0 Å². The number of hydrogen-bond donors (Lipinski definition) is 0. The van der Waals surface area contributed by atoms with Crippen molar-refractivity contribution in [2.24, 2.45) is 0 Å². The fourth-order valence-electron chi connectivity index (χ4n) is 2.60. The van der Waals surface area contributed by atoms with Crippen molar-refractivity contribution in [3.8, 4) is 17.1 Å². The van der Waals surface area contributed by atoms with E-state index in [1.165, 1.54) is 12.1 Å². The van der Waals surface area contributed by atoms with Gasteiger partial charge in [0.25, 0.3) is 0 Å². The van der Waals surface area contributed by atoms with Crippen LogP contribution in [0.2, 0.25) is 0 Å². The summed E-state index contributed by atoms with van der Waals surface area (Å²) < 4.78 is 15.1. The highest BCUT2D eigenvalue weighted by Crippen LogP contribution is 2.25. The van der Waals surface area contributed by atoms with Crippen LogP contribution in [-0.4, -0.2) is 24.8 Å². The summed E-state index contributed by atoms with van der Waals surface area (Å²) in [6, 6.07) is 14.5. The summed E-state index contributed by atoms with van der Waals surface area (Å²) in [6.07, 6.45) is 1.97. The molecule has 0 spiro atoms.